The molecule has 0 radical (unpaired) electrons. The van der Waals surface area contributed by atoms with E-state index in [1.807, 2.05) is 0 Å². The van der Waals surface area contributed by atoms with E-state index in [2.05, 4.69) is 20.8 Å². The second-order valence-corrected chi connectivity index (χ2v) is 10.8. The molecule has 0 unspecified atom stereocenters. The van der Waals surface area contributed by atoms with Crippen LogP contribution in [0.15, 0.2) is 0 Å². The third-order valence-electron chi connectivity index (χ3n) is 5.48. The highest BCUT2D eigenvalue weighted by Crippen LogP contribution is 2.38. The maximum atomic E-state index is 2.35. The van der Waals surface area contributed by atoms with Crippen molar-refractivity contribution in [2.45, 2.75) is 136 Å². The van der Waals surface area contributed by atoms with Crippen LogP contribution in [-0.2, 0) is 0 Å². The molecule has 152 valence electrons. The fourth-order valence-corrected chi connectivity index (χ4v) is 6.50. The van der Waals surface area contributed by atoms with E-state index < -0.39 is 0 Å². The zero-order valence-corrected chi connectivity index (χ0v) is 19.2. The summed E-state index contributed by atoms with van der Waals surface area (Å²) < 4.78 is 0. The summed E-state index contributed by atoms with van der Waals surface area (Å²) >= 11 is 0. The van der Waals surface area contributed by atoms with Crippen LogP contribution in [0.5, 0.6) is 0 Å². The van der Waals surface area contributed by atoms with Crippen molar-refractivity contribution in [3.8, 4) is 0 Å². The van der Waals surface area contributed by atoms with Gasteiger partial charge in [0.2, 0.25) is 0 Å². The van der Waals surface area contributed by atoms with Gasteiger partial charge in [-0.3, -0.25) is 0 Å². The summed E-state index contributed by atoms with van der Waals surface area (Å²) in [6, 6.07) is 0. The third-order valence-corrected chi connectivity index (χ3v) is 8.33. The Labute approximate surface area is 163 Å². The van der Waals surface area contributed by atoms with Gasteiger partial charge in [-0.1, -0.05) is 117 Å². The van der Waals surface area contributed by atoms with Crippen LogP contribution in [0.3, 0.4) is 0 Å². The summed E-state index contributed by atoms with van der Waals surface area (Å²) in [7, 11) is 0.387. The van der Waals surface area contributed by atoms with E-state index in [-0.39, 0.29) is 0 Å². The molecular weight excluding hydrogens is 319 g/mol. The van der Waals surface area contributed by atoms with Gasteiger partial charge in [0, 0.05) is 0 Å². The molecule has 0 aromatic carbocycles. The minimum Gasteiger partial charge on any atom is -0.107 e. The highest BCUT2D eigenvalue weighted by atomic mass is 31.1. The van der Waals surface area contributed by atoms with Crippen molar-refractivity contribution >= 4 is 7.92 Å². The topological polar surface area (TPSA) is 0 Å². The first kappa shape index (κ1) is 25.4. The smallest absolute Gasteiger partial charge is 0.0326 e. The average molecular weight is 371 g/mol. The van der Waals surface area contributed by atoms with Crippen molar-refractivity contribution in [3.05, 3.63) is 0 Å². The quantitative estimate of drug-likeness (QED) is 0.139. The molecule has 0 nitrogen and oxygen atoms in total. The molecule has 25 heavy (non-hydrogen) atoms. The summed E-state index contributed by atoms with van der Waals surface area (Å²) in [4.78, 5) is 0. The van der Waals surface area contributed by atoms with Gasteiger partial charge >= 0.3 is 0 Å². The highest BCUT2D eigenvalue weighted by Gasteiger charge is 2.06. The number of unbranched alkanes of at least 4 members (excludes halogenated alkanes) is 15. The zero-order chi connectivity index (χ0) is 18.4. The molecule has 0 rings (SSSR count). The first-order valence-corrected chi connectivity index (χ1v) is 14.0. The zero-order valence-electron chi connectivity index (χ0n) is 18.3. The standard InChI is InChI=1S/C24H51P/c1-4-7-10-11-12-13-14-15-16-17-18-19-20-21-24-25(22-8-5-2)23-9-6-3/h4-24H2,1-3H3. The number of hydrogen-bond acceptors (Lipinski definition) is 0. The van der Waals surface area contributed by atoms with Gasteiger partial charge in [-0.25, -0.2) is 0 Å². The molecule has 1 heteroatoms. The Balaban J connectivity index is 3.27. The normalized spacial score (nSPS) is 11.5. The molecule has 0 N–H and O–H groups in total. The van der Waals surface area contributed by atoms with Crippen molar-refractivity contribution in [1.29, 1.82) is 0 Å². The molecule has 0 fully saturated rings. The molecule has 0 aromatic rings. The largest absolute Gasteiger partial charge is 0.107 e. The maximum absolute atomic E-state index is 2.35. The summed E-state index contributed by atoms with van der Waals surface area (Å²) in [6.45, 7) is 7.00. The molecule has 0 aliphatic rings. The van der Waals surface area contributed by atoms with Crippen LogP contribution in [0.2, 0.25) is 0 Å². The maximum Gasteiger partial charge on any atom is -0.0326 e. The predicted molar refractivity (Wildman–Crippen MR) is 122 cm³/mol. The van der Waals surface area contributed by atoms with Crippen molar-refractivity contribution in [2.24, 2.45) is 0 Å². The van der Waals surface area contributed by atoms with Crippen LogP contribution >= 0.6 is 7.92 Å². The SMILES string of the molecule is CCCCCCCCCCCCCCCCP(CCCC)CCCC. The lowest BCUT2D eigenvalue weighted by Gasteiger charge is -2.17. The van der Waals surface area contributed by atoms with E-state index in [0.717, 1.165) is 0 Å². The van der Waals surface area contributed by atoms with E-state index in [1.54, 1.807) is 18.5 Å². The van der Waals surface area contributed by atoms with E-state index in [4.69, 9.17) is 0 Å². The Kier molecular flexibility index (Phi) is 22.9. The lowest BCUT2D eigenvalue weighted by Crippen LogP contribution is -1.96. The van der Waals surface area contributed by atoms with Crippen LogP contribution in [0.25, 0.3) is 0 Å². The fourth-order valence-electron chi connectivity index (χ4n) is 3.63. The van der Waals surface area contributed by atoms with Gasteiger partial charge in [-0.15, -0.1) is 7.92 Å². The lowest BCUT2D eigenvalue weighted by molar-refractivity contribution is 0.538. The molecular formula is C24H51P. The van der Waals surface area contributed by atoms with Crippen LogP contribution in [0.1, 0.15) is 136 Å². The molecule has 0 atom stereocenters. The van der Waals surface area contributed by atoms with Gasteiger partial charge < -0.3 is 0 Å². The minimum absolute atomic E-state index is 0.387. The number of hydrogen-bond donors (Lipinski definition) is 0. The Hall–Kier alpha value is 0.430. The first-order valence-electron chi connectivity index (χ1n) is 12.1. The van der Waals surface area contributed by atoms with Gasteiger partial charge in [0.15, 0.2) is 0 Å². The van der Waals surface area contributed by atoms with Crippen LogP contribution < -0.4 is 0 Å². The molecule has 0 spiro atoms. The summed E-state index contributed by atoms with van der Waals surface area (Å²) in [5.74, 6) is 0. The molecule has 0 saturated heterocycles. The fraction of sp³-hybridized carbons (Fsp3) is 1.00. The van der Waals surface area contributed by atoms with Crippen molar-refractivity contribution < 1.29 is 0 Å². The van der Waals surface area contributed by atoms with Crippen LogP contribution in [0, 0.1) is 0 Å². The Morgan fingerprint density at radius 3 is 0.960 bits per heavy atom. The van der Waals surface area contributed by atoms with E-state index in [1.165, 1.54) is 116 Å². The molecule has 0 bridgehead atoms. The third kappa shape index (κ3) is 20.6. The lowest BCUT2D eigenvalue weighted by atomic mass is 10.0. The van der Waals surface area contributed by atoms with Crippen LogP contribution in [-0.4, -0.2) is 18.5 Å². The highest BCUT2D eigenvalue weighted by molar-refractivity contribution is 7.57. The Morgan fingerprint density at radius 1 is 0.320 bits per heavy atom. The van der Waals surface area contributed by atoms with Gasteiger partial charge in [-0.2, -0.15) is 0 Å². The summed E-state index contributed by atoms with van der Waals surface area (Å²) in [5.41, 5.74) is 0. The molecule has 0 heterocycles. The number of rotatable bonds is 21. The summed E-state index contributed by atoms with van der Waals surface area (Å²) in [6.07, 6.45) is 31.2. The van der Waals surface area contributed by atoms with Gasteiger partial charge in [0.25, 0.3) is 0 Å². The molecule has 0 aromatic heterocycles. The molecule has 0 saturated carbocycles. The molecule has 0 aliphatic heterocycles. The van der Waals surface area contributed by atoms with Gasteiger partial charge in [0.05, 0.1) is 0 Å². The van der Waals surface area contributed by atoms with Gasteiger partial charge in [-0.05, 0) is 37.7 Å². The van der Waals surface area contributed by atoms with Crippen molar-refractivity contribution in [3.63, 3.8) is 0 Å². The van der Waals surface area contributed by atoms with E-state index in [0.29, 0.717) is 7.92 Å². The van der Waals surface area contributed by atoms with E-state index in [9.17, 15) is 0 Å². The van der Waals surface area contributed by atoms with Crippen LogP contribution in [0.4, 0.5) is 0 Å². The summed E-state index contributed by atoms with van der Waals surface area (Å²) in [5, 5.41) is 0. The molecule has 0 amide bonds. The Morgan fingerprint density at radius 2 is 0.600 bits per heavy atom. The monoisotopic (exact) mass is 370 g/mol. The first-order chi connectivity index (χ1) is 12.3. The van der Waals surface area contributed by atoms with Crippen molar-refractivity contribution in [1.82, 2.24) is 0 Å². The molecule has 0 aliphatic carbocycles. The predicted octanol–water partition coefficient (Wildman–Crippen LogP) is 9.55. The Bertz CT molecular complexity index is 218. The second-order valence-electron chi connectivity index (χ2n) is 8.14. The van der Waals surface area contributed by atoms with Crippen molar-refractivity contribution in [2.75, 3.05) is 18.5 Å². The minimum atomic E-state index is 0.387. The second kappa shape index (κ2) is 22.5. The average Bonchev–Trinajstić information content (AvgIpc) is 2.63. The van der Waals surface area contributed by atoms with Gasteiger partial charge in [0.1, 0.15) is 0 Å². The van der Waals surface area contributed by atoms with E-state index >= 15 is 0 Å².